The molecule has 156 valence electrons. The van der Waals surface area contributed by atoms with E-state index in [0.29, 0.717) is 24.9 Å². The van der Waals surface area contributed by atoms with Crippen LogP contribution in [-0.4, -0.2) is 31.3 Å². The maximum absolute atomic E-state index is 12.9. The summed E-state index contributed by atoms with van der Waals surface area (Å²) < 4.78 is 5.53. The lowest BCUT2D eigenvalue weighted by Crippen LogP contribution is -2.45. The first kappa shape index (κ1) is 20.4. The number of ketones is 2. The van der Waals surface area contributed by atoms with Gasteiger partial charge in [0.25, 0.3) is 0 Å². The van der Waals surface area contributed by atoms with Gasteiger partial charge >= 0.3 is 0 Å². The van der Waals surface area contributed by atoms with Crippen LogP contribution in [0, 0.1) is 33.5 Å². The second-order valence-corrected chi connectivity index (χ2v) is 9.58. The summed E-state index contributed by atoms with van der Waals surface area (Å²) in [4.78, 5) is 35.0. The molecule has 29 heavy (non-hydrogen) atoms. The van der Waals surface area contributed by atoms with E-state index in [4.69, 9.17) is 4.74 Å². The first-order chi connectivity index (χ1) is 13.9. The van der Waals surface area contributed by atoms with E-state index in [2.05, 4.69) is 31.2 Å². The minimum absolute atomic E-state index is 0.00919. The Balaban J connectivity index is 1.50. The van der Waals surface area contributed by atoms with Crippen LogP contribution in [0.2, 0.25) is 0 Å². The molecule has 0 spiro atoms. The monoisotopic (exact) mass is 397 g/mol. The van der Waals surface area contributed by atoms with Crippen LogP contribution in [0.1, 0.15) is 52.4 Å². The van der Waals surface area contributed by atoms with E-state index in [9.17, 15) is 14.5 Å². The number of nitroso groups, excluding NO2 is 1. The highest BCUT2D eigenvalue weighted by Crippen LogP contribution is 2.63. The second kappa shape index (κ2) is 7.75. The van der Waals surface area contributed by atoms with E-state index in [-0.39, 0.29) is 41.5 Å². The fourth-order valence-electron chi connectivity index (χ4n) is 6.55. The van der Waals surface area contributed by atoms with Crippen LogP contribution < -0.4 is 0 Å². The van der Waals surface area contributed by atoms with Gasteiger partial charge < -0.3 is 4.74 Å². The van der Waals surface area contributed by atoms with Crippen molar-refractivity contribution in [1.82, 2.24) is 0 Å². The van der Waals surface area contributed by atoms with Crippen molar-refractivity contribution < 1.29 is 14.3 Å². The molecule has 4 aliphatic carbocycles. The van der Waals surface area contributed by atoms with E-state index in [1.54, 1.807) is 6.08 Å². The van der Waals surface area contributed by atoms with Crippen LogP contribution in [0.15, 0.2) is 40.6 Å². The predicted octanol–water partition coefficient (Wildman–Crippen LogP) is 4.57. The SMILES string of the molecule is C[C@]12C=CC(=O)C=C1CCC1C2=CC[C@@]2(C)C1CC[C@@H]2C(=O)COCCCN=O. The molecule has 0 aromatic heterocycles. The summed E-state index contributed by atoms with van der Waals surface area (Å²) in [5.74, 6) is 1.36. The smallest absolute Gasteiger partial charge is 0.178 e. The normalized spacial score (nSPS) is 37.9. The van der Waals surface area contributed by atoms with Crippen LogP contribution >= 0.6 is 0 Å². The Hall–Kier alpha value is -1.88. The van der Waals surface area contributed by atoms with E-state index < -0.39 is 0 Å². The first-order valence-corrected chi connectivity index (χ1v) is 10.9. The maximum Gasteiger partial charge on any atom is 0.178 e. The minimum atomic E-state index is -0.129. The van der Waals surface area contributed by atoms with Gasteiger partial charge in [-0.25, -0.2) is 0 Å². The number of Topliss-reactive ketones (excluding diaryl/α,β-unsaturated/α-hetero) is 1. The number of carbonyl (C=O) groups excluding carboxylic acids is 2. The molecular formula is C24H31NO4. The molecule has 0 N–H and O–H groups in total. The molecule has 2 saturated carbocycles. The standard InChI is InChI=1S/C24H31NO4/c1-23-10-8-17(26)14-16(23)4-5-18-19-6-7-21(24(19,2)11-9-20(18)23)22(27)15-29-13-3-12-25-28/h8-10,14,18-19,21H,3-7,11-13,15H2,1-2H3/t18?,19?,21-,23+,24+/m1/s1. The zero-order valence-corrected chi connectivity index (χ0v) is 17.5. The Morgan fingerprint density at radius 1 is 1.28 bits per heavy atom. The third kappa shape index (κ3) is 3.37. The van der Waals surface area contributed by atoms with E-state index in [1.165, 1.54) is 11.1 Å². The molecule has 2 unspecified atom stereocenters. The molecule has 5 atom stereocenters. The van der Waals surface area contributed by atoms with Crippen molar-refractivity contribution in [2.24, 2.45) is 33.8 Å². The van der Waals surface area contributed by atoms with Gasteiger partial charge in [0.2, 0.25) is 0 Å². The number of nitrogens with zero attached hydrogens (tertiary/aromatic N) is 1. The van der Waals surface area contributed by atoms with Gasteiger partial charge in [0, 0.05) is 17.9 Å². The Morgan fingerprint density at radius 3 is 2.90 bits per heavy atom. The lowest BCUT2D eigenvalue weighted by molar-refractivity contribution is -0.131. The molecule has 0 radical (unpaired) electrons. The van der Waals surface area contributed by atoms with Crippen LogP contribution in [-0.2, 0) is 14.3 Å². The molecule has 2 fully saturated rings. The highest BCUT2D eigenvalue weighted by molar-refractivity contribution is 6.01. The third-order valence-corrected chi connectivity index (χ3v) is 8.12. The lowest BCUT2D eigenvalue weighted by Gasteiger charge is -2.52. The zero-order chi connectivity index (χ0) is 20.6. The molecular weight excluding hydrogens is 366 g/mol. The number of ether oxygens (including phenoxy) is 1. The van der Waals surface area contributed by atoms with Gasteiger partial charge in [-0.3, -0.25) is 9.59 Å². The average molecular weight is 398 g/mol. The van der Waals surface area contributed by atoms with E-state index >= 15 is 0 Å². The summed E-state index contributed by atoms with van der Waals surface area (Å²) >= 11 is 0. The molecule has 0 bridgehead atoms. The average Bonchev–Trinajstić information content (AvgIpc) is 3.05. The molecule has 4 rings (SSSR count). The minimum Gasteiger partial charge on any atom is -0.374 e. The number of fused-ring (bicyclic) bond motifs is 5. The number of carbonyl (C=O) groups is 2. The van der Waals surface area contributed by atoms with Crippen molar-refractivity contribution in [2.45, 2.75) is 52.4 Å². The van der Waals surface area contributed by atoms with Gasteiger partial charge in [-0.1, -0.05) is 35.4 Å². The molecule has 0 heterocycles. The zero-order valence-electron chi connectivity index (χ0n) is 17.5. The topological polar surface area (TPSA) is 72.8 Å². The van der Waals surface area contributed by atoms with Crippen molar-refractivity contribution in [3.63, 3.8) is 0 Å². The quantitative estimate of drug-likeness (QED) is 0.358. The van der Waals surface area contributed by atoms with Gasteiger partial charge in [0.05, 0.1) is 6.54 Å². The second-order valence-electron chi connectivity index (χ2n) is 9.58. The molecule has 5 nitrogen and oxygen atoms in total. The number of rotatable bonds is 7. The van der Waals surface area contributed by atoms with Crippen LogP contribution in [0.4, 0.5) is 0 Å². The van der Waals surface area contributed by atoms with Gasteiger partial charge in [-0.15, -0.1) is 0 Å². The summed E-state index contributed by atoms with van der Waals surface area (Å²) in [5.41, 5.74) is 2.58. The molecule has 0 saturated heterocycles. The van der Waals surface area contributed by atoms with Crippen molar-refractivity contribution in [1.29, 1.82) is 0 Å². The van der Waals surface area contributed by atoms with Crippen molar-refractivity contribution >= 4 is 11.6 Å². The van der Waals surface area contributed by atoms with Crippen LogP contribution in [0.5, 0.6) is 0 Å². The van der Waals surface area contributed by atoms with Crippen molar-refractivity contribution in [2.75, 3.05) is 19.8 Å². The molecule has 0 aromatic rings. The van der Waals surface area contributed by atoms with Gasteiger partial charge in [-0.05, 0) is 74.9 Å². The van der Waals surface area contributed by atoms with Crippen molar-refractivity contribution in [3.8, 4) is 0 Å². The fourth-order valence-corrected chi connectivity index (χ4v) is 6.55. The molecule has 5 heteroatoms. The third-order valence-electron chi connectivity index (χ3n) is 8.12. The number of hydrogen-bond donors (Lipinski definition) is 0. The van der Waals surface area contributed by atoms with Gasteiger partial charge in [-0.2, -0.15) is 4.91 Å². The summed E-state index contributed by atoms with van der Waals surface area (Å²) in [6.45, 7) is 5.34. The largest absolute Gasteiger partial charge is 0.374 e. The fraction of sp³-hybridized carbons (Fsp3) is 0.667. The molecule has 0 aliphatic heterocycles. The Morgan fingerprint density at radius 2 is 2.10 bits per heavy atom. The predicted molar refractivity (Wildman–Crippen MR) is 111 cm³/mol. The summed E-state index contributed by atoms with van der Waals surface area (Å²) in [6.07, 6.45) is 13.6. The summed E-state index contributed by atoms with van der Waals surface area (Å²) in [5, 5.41) is 2.82. The number of allylic oxidation sites excluding steroid dienone is 6. The van der Waals surface area contributed by atoms with Crippen LogP contribution in [0.25, 0.3) is 0 Å². The van der Waals surface area contributed by atoms with E-state index in [1.807, 2.05) is 6.08 Å². The van der Waals surface area contributed by atoms with Crippen LogP contribution in [0.3, 0.4) is 0 Å². The summed E-state index contributed by atoms with van der Waals surface area (Å²) in [6, 6.07) is 0. The Labute approximate surface area is 172 Å². The maximum atomic E-state index is 12.9. The summed E-state index contributed by atoms with van der Waals surface area (Å²) in [7, 11) is 0. The molecule has 0 aromatic carbocycles. The number of hydrogen-bond acceptors (Lipinski definition) is 5. The highest BCUT2D eigenvalue weighted by Gasteiger charge is 2.56. The highest BCUT2D eigenvalue weighted by atomic mass is 16.5. The van der Waals surface area contributed by atoms with Gasteiger partial charge in [0.15, 0.2) is 11.6 Å². The Kier molecular flexibility index (Phi) is 5.45. The Bertz CT molecular complexity index is 810. The molecule has 4 aliphatic rings. The van der Waals surface area contributed by atoms with E-state index in [0.717, 1.165) is 32.1 Å². The van der Waals surface area contributed by atoms with Gasteiger partial charge in [0.1, 0.15) is 6.61 Å². The van der Waals surface area contributed by atoms with Crippen molar-refractivity contribution in [3.05, 3.63) is 40.4 Å². The lowest BCUT2D eigenvalue weighted by atomic mass is 9.52. The molecule has 0 amide bonds. The first-order valence-electron chi connectivity index (χ1n) is 10.9.